The Balaban J connectivity index is 1.51. The fraction of sp³-hybridized carbons (Fsp3) is 0.667. The summed E-state index contributed by atoms with van der Waals surface area (Å²) in [6.07, 6.45) is 3.98. The zero-order valence-corrected chi connectivity index (χ0v) is 16.6. The second-order valence-electron chi connectivity index (χ2n) is 7.86. The molecule has 1 aromatic rings. The van der Waals surface area contributed by atoms with Crippen LogP contribution in [0, 0.1) is 5.92 Å². The molecule has 0 bridgehead atoms. The molecule has 1 heterocycles. The molecule has 0 aromatic heterocycles. The topological polar surface area (TPSA) is 65.0 Å². The quantitative estimate of drug-likeness (QED) is 0.799. The molecule has 1 saturated carbocycles. The molecule has 1 amide bonds. The summed E-state index contributed by atoms with van der Waals surface area (Å²) in [5, 5.41) is 13.2. The zero-order valence-electron chi connectivity index (χ0n) is 16.6. The Morgan fingerprint density at radius 1 is 1.26 bits per heavy atom. The maximum atomic E-state index is 12.6. The SMILES string of the molecule is C[C@H](C(=O)Nc1ccc(N2CCOCC2)cc1)N(C)C[C@H]1CCCC[C@@H]1O. The van der Waals surface area contributed by atoms with E-state index in [0.717, 1.165) is 63.5 Å². The molecule has 0 unspecified atom stereocenters. The third-order valence-electron chi connectivity index (χ3n) is 5.94. The van der Waals surface area contributed by atoms with Crippen LogP contribution < -0.4 is 10.2 Å². The van der Waals surface area contributed by atoms with E-state index >= 15 is 0 Å². The van der Waals surface area contributed by atoms with Gasteiger partial charge in [0.1, 0.15) is 0 Å². The summed E-state index contributed by atoms with van der Waals surface area (Å²) in [5.74, 6) is 0.258. The van der Waals surface area contributed by atoms with Crippen LogP contribution in [0.5, 0.6) is 0 Å². The minimum atomic E-state index is -0.238. The van der Waals surface area contributed by atoms with Gasteiger partial charge < -0.3 is 20.1 Å². The Labute approximate surface area is 162 Å². The van der Waals surface area contributed by atoms with Gasteiger partial charge in [0.2, 0.25) is 5.91 Å². The molecule has 0 spiro atoms. The van der Waals surface area contributed by atoms with Crippen LogP contribution in [0.15, 0.2) is 24.3 Å². The monoisotopic (exact) mass is 375 g/mol. The Morgan fingerprint density at radius 2 is 1.93 bits per heavy atom. The van der Waals surface area contributed by atoms with Crippen LogP contribution in [0.4, 0.5) is 11.4 Å². The largest absolute Gasteiger partial charge is 0.393 e. The van der Waals surface area contributed by atoms with E-state index < -0.39 is 0 Å². The molecule has 27 heavy (non-hydrogen) atoms. The van der Waals surface area contributed by atoms with Crippen LogP contribution in [0.2, 0.25) is 0 Å². The number of carbonyl (C=O) groups excluding carboxylic acids is 1. The lowest BCUT2D eigenvalue weighted by Crippen LogP contribution is -2.44. The van der Waals surface area contributed by atoms with Crippen molar-refractivity contribution in [1.82, 2.24) is 4.90 Å². The number of carbonyl (C=O) groups is 1. The van der Waals surface area contributed by atoms with E-state index in [1.807, 2.05) is 38.2 Å². The second-order valence-corrected chi connectivity index (χ2v) is 7.86. The number of benzene rings is 1. The van der Waals surface area contributed by atoms with Crippen molar-refractivity contribution >= 4 is 17.3 Å². The van der Waals surface area contributed by atoms with Gasteiger partial charge in [-0.2, -0.15) is 0 Å². The maximum absolute atomic E-state index is 12.6. The number of nitrogens with zero attached hydrogens (tertiary/aromatic N) is 2. The molecule has 0 radical (unpaired) electrons. The van der Waals surface area contributed by atoms with Gasteiger partial charge in [-0.15, -0.1) is 0 Å². The first-order valence-electron chi connectivity index (χ1n) is 10.2. The van der Waals surface area contributed by atoms with Crippen LogP contribution in [0.25, 0.3) is 0 Å². The van der Waals surface area contributed by atoms with E-state index in [1.54, 1.807) is 0 Å². The Morgan fingerprint density at radius 3 is 2.59 bits per heavy atom. The molecule has 1 aliphatic heterocycles. The number of amides is 1. The van der Waals surface area contributed by atoms with Crippen LogP contribution in [-0.4, -0.2) is 68.0 Å². The number of aliphatic hydroxyl groups is 1. The average molecular weight is 376 g/mol. The first-order valence-corrected chi connectivity index (χ1v) is 10.2. The van der Waals surface area contributed by atoms with Gasteiger partial charge in [0.05, 0.1) is 25.4 Å². The number of aliphatic hydroxyl groups excluding tert-OH is 1. The molecule has 1 aromatic carbocycles. The highest BCUT2D eigenvalue weighted by Crippen LogP contribution is 2.25. The summed E-state index contributed by atoms with van der Waals surface area (Å²) in [6, 6.07) is 7.78. The molecule has 2 N–H and O–H groups in total. The van der Waals surface area contributed by atoms with Crippen molar-refractivity contribution in [2.75, 3.05) is 50.1 Å². The number of hydrogen-bond donors (Lipinski definition) is 2. The zero-order chi connectivity index (χ0) is 19.2. The number of nitrogens with one attached hydrogen (secondary N) is 1. The van der Waals surface area contributed by atoms with Crippen LogP contribution in [-0.2, 0) is 9.53 Å². The highest BCUT2D eigenvalue weighted by Gasteiger charge is 2.27. The summed E-state index contributed by atoms with van der Waals surface area (Å²) in [7, 11) is 1.97. The molecular weight excluding hydrogens is 342 g/mol. The van der Waals surface area contributed by atoms with E-state index in [1.165, 1.54) is 6.42 Å². The molecule has 2 fully saturated rings. The van der Waals surface area contributed by atoms with Crippen molar-refractivity contribution in [3.05, 3.63) is 24.3 Å². The maximum Gasteiger partial charge on any atom is 0.241 e. The van der Waals surface area contributed by atoms with Gasteiger partial charge in [-0.05, 0) is 57.0 Å². The first kappa shape index (κ1) is 20.1. The smallest absolute Gasteiger partial charge is 0.241 e. The standard InChI is InChI=1S/C21H33N3O3/c1-16(23(2)15-17-5-3-4-6-20(17)25)21(26)22-18-7-9-19(10-8-18)24-11-13-27-14-12-24/h7-10,16-17,20,25H,3-6,11-15H2,1-2H3,(H,22,26)/t16-,17-,20+/m1/s1. The lowest BCUT2D eigenvalue weighted by molar-refractivity contribution is -0.120. The third-order valence-corrected chi connectivity index (χ3v) is 5.94. The van der Waals surface area contributed by atoms with Crippen molar-refractivity contribution in [2.45, 2.75) is 44.8 Å². The highest BCUT2D eigenvalue weighted by atomic mass is 16.5. The van der Waals surface area contributed by atoms with Gasteiger partial charge in [-0.1, -0.05) is 12.8 Å². The predicted octanol–water partition coefficient (Wildman–Crippen LogP) is 2.33. The average Bonchev–Trinajstić information content (AvgIpc) is 2.70. The van der Waals surface area contributed by atoms with E-state index in [2.05, 4.69) is 15.1 Å². The van der Waals surface area contributed by atoms with E-state index in [9.17, 15) is 9.90 Å². The molecule has 2 aliphatic rings. The van der Waals surface area contributed by atoms with E-state index in [0.29, 0.717) is 0 Å². The van der Waals surface area contributed by atoms with Crippen LogP contribution in [0.3, 0.4) is 0 Å². The third kappa shape index (κ3) is 5.43. The van der Waals surface area contributed by atoms with Crippen molar-refractivity contribution in [2.24, 2.45) is 5.92 Å². The number of ether oxygens (including phenoxy) is 1. The summed E-state index contributed by atoms with van der Waals surface area (Å²) >= 11 is 0. The van der Waals surface area contributed by atoms with Gasteiger partial charge in [0, 0.05) is 31.0 Å². The molecule has 6 nitrogen and oxygen atoms in total. The molecule has 3 rings (SSSR count). The van der Waals surface area contributed by atoms with Crippen molar-refractivity contribution in [1.29, 1.82) is 0 Å². The van der Waals surface area contributed by atoms with Crippen LogP contribution >= 0.6 is 0 Å². The predicted molar refractivity (Wildman–Crippen MR) is 108 cm³/mol. The number of rotatable bonds is 6. The summed E-state index contributed by atoms with van der Waals surface area (Å²) in [4.78, 5) is 17.0. The second kappa shape index (κ2) is 9.53. The molecule has 3 atom stereocenters. The fourth-order valence-corrected chi connectivity index (χ4v) is 3.95. The van der Waals surface area contributed by atoms with Crippen molar-refractivity contribution in [3.63, 3.8) is 0 Å². The van der Waals surface area contributed by atoms with Gasteiger partial charge in [0.25, 0.3) is 0 Å². The molecule has 6 heteroatoms. The van der Waals surface area contributed by atoms with Crippen molar-refractivity contribution < 1.29 is 14.6 Å². The highest BCUT2D eigenvalue weighted by molar-refractivity contribution is 5.94. The Kier molecular flexibility index (Phi) is 7.10. The normalized spacial score (nSPS) is 24.7. The molecule has 1 saturated heterocycles. The van der Waals surface area contributed by atoms with Gasteiger partial charge in [0.15, 0.2) is 0 Å². The van der Waals surface area contributed by atoms with E-state index in [4.69, 9.17) is 4.74 Å². The number of hydrogen-bond acceptors (Lipinski definition) is 5. The first-order chi connectivity index (χ1) is 13.0. The molecule has 150 valence electrons. The Hall–Kier alpha value is -1.63. The van der Waals surface area contributed by atoms with Crippen LogP contribution in [0.1, 0.15) is 32.6 Å². The van der Waals surface area contributed by atoms with Gasteiger partial charge in [-0.3, -0.25) is 9.69 Å². The van der Waals surface area contributed by atoms with E-state index in [-0.39, 0.29) is 24.0 Å². The lowest BCUT2D eigenvalue weighted by atomic mass is 9.86. The number of anilines is 2. The fourth-order valence-electron chi connectivity index (χ4n) is 3.95. The Bertz CT molecular complexity index is 601. The minimum absolute atomic E-state index is 0.0121. The lowest BCUT2D eigenvalue weighted by Gasteiger charge is -2.33. The van der Waals surface area contributed by atoms with Gasteiger partial charge in [-0.25, -0.2) is 0 Å². The minimum Gasteiger partial charge on any atom is -0.393 e. The van der Waals surface area contributed by atoms with Crippen molar-refractivity contribution in [3.8, 4) is 0 Å². The van der Waals surface area contributed by atoms with Gasteiger partial charge >= 0.3 is 0 Å². The molecule has 1 aliphatic carbocycles. The molecular formula is C21H33N3O3. The summed E-state index contributed by atoms with van der Waals surface area (Å²) < 4.78 is 5.39. The number of morpholine rings is 1. The summed E-state index contributed by atoms with van der Waals surface area (Å²) in [6.45, 7) is 6.01. The number of likely N-dealkylation sites (N-methyl/N-ethyl adjacent to an activating group) is 1. The summed E-state index contributed by atoms with van der Waals surface area (Å²) in [5.41, 5.74) is 1.97.